The van der Waals surface area contributed by atoms with Crippen LogP contribution in [0.5, 0.6) is 0 Å². The monoisotopic (exact) mass is 314 g/mol. The van der Waals surface area contributed by atoms with Crippen molar-refractivity contribution in [3.63, 3.8) is 0 Å². The molecule has 0 radical (unpaired) electrons. The van der Waals surface area contributed by atoms with Crippen LogP contribution in [-0.2, 0) is 0 Å². The van der Waals surface area contributed by atoms with Gasteiger partial charge in [-0.1, -0.05) is 59.3 Å². The molecule has 0 saturated carbocycles. The van der Waals surface area contributed by atoms with Gasteiger partial charge in [-0.2, -0.15) is 0 Å². The van der Waals surface area contributed by atoms with E-state index < -0.39 is 17.5 Å². The van der Waals surface area contributed by atoms with Gasteiger partial charge in [-0.25, -0.2) is 13.2 Å². The van der Waals surface area contributed by atoms with E-state index in [-0.39, 0.29) is 5.92 Å². The summed E-state index contributed by atoms with van der Waals surface area (Å²) >= 11 is 0. The summed E-state index contributed by atoms with van der Waals surface area (Å²) in [5, 5.41) is 0. The van der Waals surface area contributed by atoms with Crippen molar-refractivity contribution in [2.75, 3.05) is 0 Å². The van der Waals surface area contributed by atoms with Gasteiger partial charge in [-0.15, -0.1) is 0 Å². The van der Waals surface area contributed by atoms with Crippen molar-refractivity contribution in [3.8, 4) is 0 Å². The smallest absolute Gasteiger partial charge is 0.194 e. The number of halogens is 3. The Kier molecular flexibility index (Phi) is 8.59. The first kappa shape index (κ1) is 19.1. The highest BCUT2D eigenvalue weighted by atomic mass is 19.2. The lowest BCUT2D eigenvalue weighted by atomic mass is 9.90. The molecule has 2 atom stereocenters. The molecule has 2 unspecified atom stereocenters. The molecule has 0 amide bonds. The fourth-order valence-corrected chi connectivity index (χ4v) is 2.86. The van der Waals surface area contributed by atoms with E-state index in [4.69, 9.17) is 0 Å². The van der Waals surface area contributed by atoms with Gasteiger partial charge in [0.1, 0.15) is 0 Å². The molecule has 0 aliphatic carbocycles. The predicted octanol–water partition coefficient (Wildman–Crippen LogP) is 6.98. The minimum absolute atomic E-state index is 0.110. The van der Waals surface area contributed by atoms with E-state index >= 15 is 0 Å². The third-order valence-electron chi connectivity index (χ3n) is 4.67. The van der Waals surface area contributed by atoms with Crippen molar-refractivity contribution in [3.05, 3.63) is 35.1 Å². The van der Waals surface area contributed by atoms with Crippen molar-refractivity contribution in [2.45, 2.75) is 78.1 Å². The molecule has 0 nitrogen and oxygen atoms in total. The Bertz CT molecular complexity index is 419. The molecular formula is C19H29F3. The molecule has 0 aliphatic rings. The van der Waals surface area contributed by atoms with Crippen LogP contribution in [-0.4, -0.2) is 0 Å². The topological polar surface area (TPSA) is 0 Å². The summed E-state index contributed by atoms with van der Waals surface area (Å²) in [5.41, 5.74) is 0.582. The van der Waals surface area contributed by atoms with E-state index in [0.717, 1.165) is 43.7 Å². The summed E-state index contributed by atoms with van der Waals surface area (Å²) in [4.78, 5) is 0. The molecule has 0 saturated heterocycles. The van der Waals surface area contributed by atoms with Crippen molar-refractivity contribution in [2.24, 2.45) is 5.92 Å². The summed E-state index contributed by atoms with van der Waals surface area (Å²) in [6, 6.07) is 2.30. The summed E-state index contributed by atoms with van der Waals surface area (Å²) in [5.74, 6) is -2.62. The predicted molar refractivity (Wildman–Crippen MR) is 86.5 cm³/mol. The van der Waals surface area contributed by atoms with Crippen LogP contribution in [0.2, 0.25) is 0 Å². The lowest BCUT2D eigenvalue weighted by Gasteiger charge is -2.16. The SMILES string of the molecule is CCC(C)CCCCCCC(CC)c1cc(F)c(F)c(F)c1. The zero-order valence-electron chi connectivity index (χ0n) is 14.1. The minimum Gasteiger partial charge on any atom is -0.204 e. The third-order valence-corrected chi connectivity index (χ3v) is 4.67. The third kappa shape index (κ3) is 6.02. The van der Waals surface area contributed by atoms with E-state index in [2.05, 4.69) is 13.8 Å². The molecule has 0 N–H and O–H groups in total. The quantitative estimate of drug-likeness (QED) is 0.322. The first-order valence-corrected chi connectivity index (χ1v) is 8.63. The van der Waals surface area contributed by atoms with Crippen LogP contribution < -0.4 is 0 Å². The number of hydrogen-bond acceptors (Lipinski definition) is 0. The molecule has 1 rings (SSSR count). The first-order chi connectivity index (χ1) is 10.5. The van der Waals surface area contributed by atoms with Crippen LogP contribution >= 0.6 is 0 Å². The van der Waals surface area contributed by atoms with Gasteiger partial charge in [0.2, 0.25) is 0 Å². The van der Waals surface area contributed by atoms with Gasteiger partial charge in [0.15, 0.2) is 17.5 Å². The largest absolute Gasteiger partial charge is 0.204 e. The highest BCUT2D eigenvalue weighted by Gasteiger charge is 2.16. The van der Waals surface area contributed by atoms with Crippen LogP contribution in [0.1, 0.15) is 83.6 Å². The molecular weight excluding hydrogens is 285 g/mol. The second kappa shape index (κ2) is 9.91. The standard InChI is InChI=1S/C19H29F3/c1-4-14(3)10-8-6-7-9-11-15(5-2)16-12-17(20)19(22)18(21)13-16/h12-15H,4-11H2,1-3H3. The molecule has 3 heteroatoms. The molecule has 22 heavy (non-hydrogen) atoms. The molecule has 0 fully saturated rings. The van der Waals surface area contributed by atoms with Gasteiger partial charge in [0.25, 0.3) is 0 Å². The highest BCUT2D eigenvalue weighted by molar-refractivity contribution is 5.23. The summed E-state index contributed by atoms with van der Waals surface area (Å²) in [7, 11) is 0. The van der Waals surface area contributed by atoms with Crippen LogP contribution in [0, 0.1) is 23.4 Å². The Morgan fingerprint density at radius 3 is 1.86 bits per heavy atom. The second-order valence-corrected chi connectivity index (χ2v) is 6.41. The summed E-state index contributed by atoms with van der Waals surface area (Å²) in [6.45, 7) is 6.51. The maximum atomic E-state index is 13.3. The van der Waals surface area contributed by atoms with Gasteiger partial charge < -0.3 is 0 Å². The fraction of sp³-hybridized carbons (Fsp3) is 0.684. The fourth-order valence-electron chi connectivity index (χ4n) is 2.86. The normalized spacial score (nSPS) is 14.1. The van der Waals surface area contributed by atoms with Gasteiger partial charge in [0, 0.05) is 0 Å². The lowest BCUT2D eigenvalue weighted by Crippen LogP contribution is -2.02. The summed E-state index contributed by atoms with van der Waals surface area (Å²) < 4.78 is 39.7. The van der Waals surface area contributed by atoms with Gasteiger partial charge >= 0.3 is 0 Å². The molecule has 126 valence electrons. The average molecular weight is 314 g/mol. The molecule has 0 spiro atoms. The van der Waals surface area contributed by atoms with Gasteiger partial charge in [-0.3, -0.25) is 0 Å². The van der Waals surface area contributed by atoms with E-state index in [0.29, 0.717) is 5.56 Å². The Labute approximate surface area is 133 Å². The number of rotatable bonds is 10. The molecule has 0 heterocycles. The van der Waals surface area contributed by atoms with Crippen LogP contribution in [0.15, 0.2) is 12.1 Å². The molecule has 1 aromatic carbocycles. The van der Waals surface area contributed by atoms with Crippen LogP contribution in [0.4, 0.5) is 13.2 Å². The first-order valence-electron chi connectivity index (χ1n) is 8.63. The second-order valence-electron chi connectivity index (χ2n) is 6.41. The minimum atomic E-state index is -1.37. The molecule has 0 aromatic heterocycles. The number of unbranched alkanes of at least 4 members (excludes halogenated alkanes) is 3. The maximum absolute atomic E-state index is 13.3. The lowest BCUT2D eigenvalue weighted by molar-refractivity contribution is 0.439. The Morgan fingerprint density at radius 2 is 1.36 bits per heavy atom. The molecule has 1 aromatic rings. The molecule has 0 aliphatic heterocycles. The van der Waals surface area contributed by atoms with E-state index in [1.165, 1.54) is 25.7 Å². The van der Waals surface area contributed by atoms with Crippen LogP contribution in [0.3, 0.4) is 0 Å². The Balaban J connectivity index is 2.40. The highest BCUT2D eigenvalue weighted by Crippen LogP contribution is 2.28. The zero-order chi connectivity index (χ0) is 16.5. The number of hydrogen-bond donors (Lipinski definition) is 0. The number of benzene rings is 1. The van der Waals surface area contributed by atoms with E-state index in [9.17, 15) is 13.2 Å². The Morgan fingerprint density at radius 1 is 0.818 bits per heavy atom. The Hall–Kier alpha value is -0.990. The average Bonchev–Trinajstić information content (AvgIpc) is 2.51. The van der Waals surface area contributed by atoms with Crippen molar-refractivity contribution >= 4 is 0 Å². The zero-order valence-corrected chi connectivity index (χ0v) is 14.1. The van der Waals surface area contributed by atoms with Crippen molar-refractivity contribution in [1.82, 2.24) is 0 Å². The molecule has 0 bridgehead atoms. The van der Waals surface area contributed by atoms with Crippen molar-refractivity contribution in [1.29, 1.82) is 0 Å². The van der Waals surface area contributed by atoms with Crippen LogP contribution in [0.25, 0.3) is 0 Å². The van der Waals surface area contributed by atoms with E-state index in [1.54, 1.807) is 0 Å². The van der Waals surface area contributed by atoms with Crippen molar-refractivity contribution < 1.29 is 13.2 Å². The van der Waals surface area contributed by atoms with Gasteiger partial charge in [0.05, 0.1) is 0 Å². The van der Waals surface area contributed by atoms with E-state index in [1.807, 2.05) is 6.92 Å². The maximum Gasteiger partial charge on any atom is 0.194 e. The van der Waals surface area contributed by atoms with Gasteiger partial charge in [-0.05, 0) is 42.4 Å². The summed E-state index contributed by atoms with van der Waals surface area (Å²) in [6.07, 6.45) is 8.92.